The highest BCUT2D eigenvalue weighted by molar-refractivity contribution is 6.19. The van der Waals surface area contributed by atoms with Crippen LogP contribution in [0.25, 0.3) is 0 Å². The van der Waals surface area contributed by atoms with Crippen molar-refractivity contribution in [3.8, 4) is 0 Å². The smallest absolute Gasteiger partial charge is 0.269 e. The molecule has 2 heterocycles. The molecule has 120 valence electrons. The summed E-state index contributed by atoms with van der Waals surface area (Å²) in [7, 11) is 0. The molecule has 0 amide bonds. The molecule has 0 aromatic heterocycles. The Bertz CT molecular complexity index is 860. The zero-order valence-electron chi connectivity index (χ0n) is 12.8. The van der Waals surface area contributed by atoms with Crippen molar-refractivity contribution >= 4 is 28.8 Å². The lowest BCUT2D eigenvalue weighted by molar-refractivity contribution is -0.384. The molecule has 0 unspecified atom stereocenters. The molecule has 0 atom stereocenters. The zero-order chi connectivity index (χ0) is 16.7. The molecule has 24 heavy (non-hydrogen) atoms. The Balaban J connectivity index is 1.60. The molecule has 0 saturated carbocycles. The molecular formula is C17H14N4O3. The number of ketones is 1. The Hall–Kier alpha value is -3.22. The Labute approximate surface area is 138 Å². The Morgan fingerprint density at radius 3 is 2.54 bits per heavy atom. The van der Waals surface area contributed by atoms with Crippen LogP contribution in [0.2, 0.25) is 0 Å². The van der Waals surface area contributed by atoms with Gasteiger partial charge < -0.3 is 9.80 Å². The predicted octanol–water partition coefficient (Wildman–Crippen LogP) is 2.47. The number of nitro benzene ring substituents is 1. The molecule has 0 fully saturated rings. The van der Waals surface area contributed by atoms with Crippen molar-refractivity contribution < 1.29 is 9.72 Å². The van der Waals surface area contributed by atoms with Gasteiger partial charge in [-0.05, 0) is 24.3 Å². The summed E-state index contributed by atoms with van der Waals surface area (Å²) in [5.74, 6) is 0.697. The van der Waals surface area contributed by atoms with Crippen LogP contribution in [-0.4, -0.2) is 36.3 Å². The summed E-state index contributed by atoms with van der Waals surface area (Å²) in [5, 5.41) is 10.7. The van der Waals surface area contributed by atoms with Crippen molar-refractivity contribution in [2.24, 2.45) is 4.99 Å². The number of benzene rings is 2. The molecule has 0 aliphatic carbocycles. The highest BCUT2D eigenvalue weighted by Gasteiger charge is 2.35. The first-order valence-electron chi connectivity index (χ1n) is 7.61. The SMILES string of the molecule is O=C(CN1C2=NCCN2c2ccccc21)c1ccc([N+](=O)[O-])cc1. The molecule has 2 aromatic carbocycles. The number of hydrogen-bond donors (Lipinski definition) is 0. The Morgan fingerprint density at radius 2 is 1.83 bits per heavy atom. The van der Waals surface area contributed by atoms with E-state index >= 15 is 0 Å². The molecule has 2 aliphatic heterocycles. The first-order chi connectivity index (χ1) is 11.6. The second-order valence-corrected chi connectivity index (χ2v) is 5.64. The van der Waals surface area contributed by atoms with Gasteiger partial charge >= 0.3 is 0 Å². The Kier molecular flexibility index (Phi) is 3.26. The number of carbonyl (C=O) groups is 1. The van der Waals surface area contributed by atoms with Gasteiger partial charge in [-0.15, -0.1) is 0 Å². The molecule has 4 rings (SSSR count). The molecule has 0 N–H and O–H groups in total. The van der Waals surface area contributed by atoms with Crippen LogP contribution in [-0.2, 0) is 0 Å². The number of rotatable bonds is 4. The zero-order valence-corrected chi connectivity index (χ0v) is 12.8. The molecule has 0 saturated heterocycles. The van der Waals surface area contributed by atoms with Crippen LogP contribution in [0.5, 0.6) is 0 Å². The van der Waals surface area contributed by atoms with E-state index in [4.69, 9.17) is 0 Å². The van der Waals surface area contributed by atoms with E-state index in [1.54, 1.807) is 0 Å². The number of para-hydroxylation sites is 2. The van der Waals surface area contributed by atoms with Gasteiger partial charge in [0.25, 0.3) is 5.69 Å². The minimum atomic E-state index is -0.476. The van der Waals surface area contributed by atoms with Gasteiger partial charge in [-0.1, -0.05) is 12.1 Å². The molecule has 0 bridgehead atoms. The maximum Gasteiger partial charge on any atom is 0.269 e. The first-order valence-corrected chi connectivity index (χ1v) is 7.61. The predicted molar refractivity (Wildman–Crippen MR) is 90.9 cm³/mol. The van der Waals surface area contributed by atoms with Gasteiger partial charge in [-0.3, -0.25) is 19.9 Å². The van der Waals surface area contributed by atoms with E-state index in [1.807, 2.05) is 29.2 Å². The minimum Gasteiger partial charge on any atom is -0.308 e. The number of fused-ring (bicyclic) bond motifs is 3. The van der Waals surface area contributed by atoms with E-state index in [1.165, 1.54) is 24.3 Å². The van der Waals surface area contributed by atoms with E-state index in [0.29, 0.717) is 12.1 Å². The number of anilines is 2. The van der Waals surface area contributed by atoms with E-state index in [-0.39, 0.29) is 18.0 Å². The fourth-order valence-electron chi connectivity index (χ4n) is 3.08. The molecule has 7 heteroatoms. The summed E-state index contributed by atoms with van der Waals surface area (Å²) >= 11 is 0. The number of guanidine groups is 1. The van der Waals surface area contributed by atoms with Crippen molar-refractivity contribution in [1.29, 1.82) is 0 Å². The first kappa shape index (κ1) is 14.4. The van der Waals surface area contributed by atoms with Crippen LogP contribution in [0.4, 0.5) is 17.1 Å². The van der Waals surface area contributed by atoms with Gasteiger partial charge in [0.15, 0.2) is 5.78 Å². The fourth-order valence-corrected chi connectivity index (χ4v) is 3.08. The Morgan fingerprint density at radius 1 is 1.12 bits per heavy atom. The molecule has 0 spiro atoms. The molecule has 7 nitrogen and oxygen atoms in total. The topological polar surface area (TPSA) is 79.0 Å². The van der Waals surface area contributed by atoms with Crippen molar-refractivity contribution in [1.82, 2.24) is 0 Å². The number of Topliss-reactive ketones (excluding diaryl/α,β-unsaturated/α-hetero) is 1. The van der Waals surface area contributed by atoms with Gasteiger partial charge in [0.2, 0.25) is 5.96 Å². The van der Waals surface area contributed by atoms with Crippen LogP contribution >= 0.6 is 0 Å². The minimum absolute atomic E-state index is 0.0237. The normalized spacial score (nSPS) is 15.1. The monoisotopic (exact) mass is 322 g/mol. The van der Waals surface area contributed by atoms with Crippen LogP contribution in [0.3, 0.4) is 0 Å². The van der Waals surface area contributed by atoms with Crippen molar-refractivity contribution in [3.05, 3.63) is 64.2 Å². The van der Waals surface area contributed by atoms with E-state index < -0.39 is 4.92 Å². The van der Waals surface area contributed by atoms with Crippen LogP contribution < -0.4 is 9.80 Å². The molecule has 2 aromatic rings. The molecule has 0 radical (unpaired) electrons. The third kappa shape index (κ3) is 2.21. The number of nitro groups is 1. The number of carbonyl (C=O) groups excluding carboxylic acids is 1. The maximum absolute atomic E-state index is 12.6. The third-order valence-electron chi connectivity index (χ3n) is 4.22. The second-order valence-electron chi connectivity index (χ2n) is 5.64. The quantitative estimate of drug-likeness (QED) is 0.491. The summed E-state index contributed by atoms with van der Waals surface area (Å²) in [6, 6.07) is 13.6. The third-order valence-corrected chi connectivity index (χ3v) is 4.22. The number of non-ortho nitro benzene ring substituents is 1. The van der Waals surface area contributed by atoms with Gasteiger partial charge in [-0.2, -0.15) is 0 Å². The number of aliphatic imine (C=N–C) groups is 1. The van der Waals surface area contributed by atoms with E-state index in [2.05, 4.69) is 9.89 Å². The highest BCUT2D eigenvalue weighted by atomic mass is 16.6. The van der Waals surface area contributed by atoms with Crippen LogP contribution in [0, 0.1) is 10.1 Å². The van der Waals surface area contributed by atoms with Crippen molar-refractivity contribution in [2.75, 3.05) is 29.4 Å². The summed E-state index contributed by atoms with van der Waals surface area (Å²) in [4.78, 5) is 31.4. The number of nitrogens with zero attached hydrogens (tertiary/aromatic N) is 4. The molecule has 2 aliphatic rings. The van der Waals surface area contributed by atoms with E-state index in [9.17, 15) is 14.9 Å². The maximum atomic E-state index is 12.6. The average Bonchev–Trinajstić information content (AvgIpc) is 3.18. The largest absolute Gasteiger partial charge is 0.308 e. The average molecular weight is 322 g/mol. The fraction of sp³-hybridized carbons (Fsp3) is 0.176. The summed E-state index contributed by atoms with van der Waals surface area (Å²) in [6.45, 7) is 1.69. The van der Waals surface area contributed by atoms with Crippen LogP contribution in [0.15, 0.2) is 53.5 Å². The second kappa shape index (κ2) is 5.45. The lowest BCUT2D eigenvalue weighted by Gasteiger charge is -2.18. The lowest BCUT2D eigenvalue weighted by Crippen LogP contribution is -2.38. The summed E-state index contributed by atoms with van der Waals surface area (Å²) in [5.41, 5.74) is 2.45. The van der Waals surface area contributed by atoms with Gasteiger partial charge in [0.05, 0.1) is 29.4 Å². The standard InChI is InChI=1S/C17H14N4O3/c22-16(12-5-7-13(8-6-12)21(23)24)11-20-15-4-2-1-3-14(15)19-10-9-18-17(19)20/h1-8H,9-11H2. The van der Waals surface area contributed by atoms with Gasteiger partial charge in [0, 0.05) is 24.2 Å². The number of hydrogen-bond acceptors (Lipinski definition) is 6. The van der Waals surface area contributed by atoms with Crippen molar-refractivity contribution in [3.63, 3.8) is 0 Å². The van der Waals surface area contributed by atoms with Crippen molar-refractivity contribution in [2.45, 2.75) is 0 Å². The lowest BCUT2D eigenvalue weighted by atomic mass is 10.1. The van der Waals surface area contributed by atoms with Gasteiger partial charge in [0.1, 0.15) is 0 Å². The summed E-state index contributed by atoms with van der Waals surface area (Å²) < 4.78 is 0. The molecular weight excluding hydrogens is 308 g/mol. The van der Waals surface area contributed by atoms with Gasteiger partial charge in [-0.25, -0.2) is 0 Å². The summed E-state index contributed by atoms with van der Waals surface area (Å²) in [6.07, 6.45) is 0. The van der Waals surface area contributed by atoms with Crippen LogP contribution in [0.1, 0.15) is 10.4 Å². The van der Waals surface area contributed by atoms with E-state index in [0.717, 1.165) is 23.9 Å². The highest BCUT2D eigenvalue weighted by Crippen LogP contribution is 2.38.